The Morgan fingerprint density at radius 1 is 1.47 bits per heavy atom. The van der Waals surface area contributed by atoms with Crippen LogP contribution in [-0.4, -0.2) is 41.6 Å². The van der Waals surface area contributed by atoms with Crippen molar-refractivity contribution in [1.82, 2.24) is 14.8 Å². The fraction of sp³-hybridized carbons (Fsp3) is 0.667. The molecule has 4 heteroatoms. The van der Waals surface area contributed by atoms with Gasteiger partial charge in [0.05, 0.1) is 0 Å². The molecule has 2 aliphatic carbocycles. The summed E-state index contributed by atoms with van der Waals surface area (Å²) in [5.41, 5.74) is 1.10. The molecule has 2 fully saturated rings. The molecule has 0 radical (unpaired) electrons. The van der Waals surface area contributed by atoms with Gasteiger partial charge in [-0.05, 0) is 45.5 Å². The molecule has 1 spiro atoms. The minimum atomic E-state index is 0.0704. The Balaban J connectivity index is 1.69. The largest absolute Gasteiger partial charge is 0.347 e. The third-order valence-corrected chi connectivity index (χ3v) is 5.21. The van der Waals surface area contributed by atoms with Crippen LogP contribution in [0.2, 0.25) is 0 Å². The molecule has 0 aromatic carbocycles. The van der Waals surface area contributed by atoms with Crippen molar-refractivity contribution in [3.8, 4) is 0 Å². The Kier molecular flexibility index (Phi) is 2.93. The summed E-state index contributed by atoms with van der Waals surface area (Å²) in [6, 6.07) is 4.79. The molecule has 0 bridgehead atoms. The first-order valence-electron chi connectivity index (χ1n) is 7.13. The molecule has 1 heterocycles. The van der Waals surface area contributed by atoms with Crippen LogP contribution in [-0.2, 0) is 7.05 Å². The summed E-state index contributed by atoms with van der Waals surface area (Å²) in [6.07, 6.45) is 6.82. The monoisotopic (exact) mass is 261 g/mol. The molecular weight excluding hydrogens is 238 g/mol. The molecule has 1 N–H and O–H groups in total. The van der Waals surface area contributed by atoms with Gasteiger partial charge in [0.1, 0.15) is 5.69 Å². The van der Waals surface area contributed by atoms with Crippen molar-refractivity contribution < 1.29 is 4.79 Å². The second-order valence-corrected chi connectivity index (χ2v) is 6.33. The highest BCUT2D eigenvalue weighted by molar-refractivity contribution is 5.93. The first kappa shape index (κ1) is 12.7. The highest BCUT2D eigenvalue weighted by Crippen LogP contribution is 2.57. The van der Waals surface area contributed by atoms with E-state index >= 15 is 0 Å². The number of rotatable bonds is 3. The molecule has 1 amide bonds. The molecule has 1 aromatic heterocycles. The van der Waals surface area contributed by atoms with E-state index in [0.717, 1.165) is 12.1 Å². The standard InChI is InChI=1S/C15H23N3O/c1-17(2)13-10-12(15(13)7-5-8-15)16-14(19)11-6-4-9-18(11)3/h4,6,9,12-13H,5,7-8,10H2,1-3H3,(H,16,19). The normalized spacial score (nSPS) is 28.0. The van der Waals surface area contributed by atoms with Gasteiger partial charge >= 0.3 is 0 Å². The molecule has 19 heavy (non-hydrogen) atoms. The average molecular weight is 261 g/mol. The van der Waals surface area contributed by atoms with Crippen molar-refractivity contribution >= 4 is 5.91 Å². The number of carbonyl (C=O) groups is 1. The number of aromatic nitrogens is 1. The smallest absolute Gasteiger partial charge is 0.268 e. The van der Waals surface area contributed by atoms with Crippen LogP contribution in [0.15, 0.2) is 18.3 Å². The Morgan fingerprint density at radius 3 is 2.68 bits per heavy atom. The van der Waals surface area contributed by atoms with E-state index in [1.165, 1.54) is 19.3 Å². The van der Waals surface area contributed by atoms with Crippen molar-refractivity contribution in [2.24, 2.45) is 12.5 Å². The molecule has 1 aromatic rings. The molecule has 0 saturated heterocycles. The van der Waals surface area contributed by atoms with Crippen molar-refractivity contribution in [3.63, 3.8) is 0 Å². The lowest BCUT2D eigenvalue weighted by Gasteiger charge is -2.63. The summed E-state index contributed by atoms with van der Waals surface area (Å²) >= 11 is 0. The summed E-state index contributed by atoms with van der Waals surface area (Å²) in [5, 5.41) is 3.25. The third-order valence-electron chi connectivity index (χ3n) is 5.21. The van der Waals surface area contributed by atoms with Crippen molar-refractivity contribution in [1.29, 1.82) is 0 Å². The second kappa shape index (κ2) is 4.37. The number of carbonyl (C=O) groups excluding carboxylic acids is 1. The van der Waals surface area contributed by atoms with Gasteiger partial charge in [-0.1, -0.05) is 6.42 Å². The summed E-state index contributed by atoms with van der Waals surface area (Å²) < 4.78 is 1.88. The molecular formula is C15H23N3O. The molecule has 2 aliphatic rings. The minimum absolute atomic E-state index is 0.0704. The maximum Gasteiger partial charge on any atom is 0.268 e. The lowest BCUT2D eigenvalue weighted by Crippen LogP contribution is -2.70. The summed E-state index contributed by atoms with van der Waals surface area (Å²) in [7, 11) is 6.22. The van der Waals surface area contributed by atoms with E-state index in [1.807, 2.05) is 29.9 Å². The van der Waals surface area contributed by atoms with Crippen LogP contribution in [0.25, 0.3) is 0 Å². The van der Waals surface area contributed by atoms with E-state index in [0.29, 0.717) is 17.5 Å². The third kappa shape index (κ3) is 1.81. The van der Waals surface area contributed by atoms with Crippen LogP contribution in [0, 0.1) is 5.41 Å². The van der Waals surface area contributed by atoms with Crippen LogP contribution in [0.3, 0.4) is 0 Å². The summed E-state index contributed by atoms with van der Waals surface area (Å²) in [4.78, 5) is 14.6. The van der Waals surface area contributed by atoms with E-state index in [1.54, 1.807) is 0 Å². The van der Waals surface area contributed by atoms with Gasteiger partial charge in [-0.25, -0.2) is 0 Å². The molecule has 2 saturated carbocycles. The van der Waals surface area contributed by atoms with Crippen LogP contribution in [0.4, 0.5) is 0 Å². The first-order chi connectivity index (χ1) is 9.04. The number of nitrogens with one attached hydrogen (secondary N) is 1. The second-order valence-electron chi connectivity index (χ2n) is 6.33. The Hall–Kier alpha value is -1.29. The van der Waals surface area contributed by atoms with E-state index in [9.17, 15) is 4.79 Å². The Labute approximate surface area is 114 Å². The topological polar surface area (TPSA) is 37.3 Å². The van der Waals surface area contributed by atoms with E-state index in [2.05, 4.69) is 24.3 Å². The minimum Gasteiger partial charge on any atom is -0.347 e. The molecule has 2 atom stereocenters. The van der Waals surface area contributed by atoms with Crippen LogP contribution < -0.4 is 5.32 Å². The van der Waals surface area contributed by atoms with Gasteiger partial charge in [0.25, 0.3) is 5.91 Å². The van der Waals surface area contributed by atoms with E-state index < -0.39 is 0 Å². The number of hydrogen-bond acceptors (Lipinski definition) is 2. The lowest BCUT2D eigenvalue weighted by molar-refractivity contribution is -0.0963. The highest BCUT2D eigenvalue weighted by atomic mass is 16.2. The Bertz CT molecular complexity index is 487. The zero-order valence-corrected chi connectivity index (χ0v) is 12.0. The zero-order valence-electron chi connectivity index (χ0n) is 12.0. The Morgan fingerprint density at radius 2 is 2.21 bits per heavy atom. The predicted molar refractivity (Wildman–Crippen MR) is 75.0 cm³/mol. The molecule has 2 unspecified atom stereocenters. The van der Waals surface area contributed by atoms with Crippen molar-refractivity contribution in [3.05, 3.63) is 24.0 Å². The van der Waals surface area contributed by atoms with Gasteiger partial charge in [-0.2, -0.15) is 0 Å². The fourth-order valence-electron chi connectivity index (χ4n) is 3.89. The number of aryl methyl sites for hydroxylation is 1. The number of nitrogens with zero attached hydrogens (tertiary/aromatic N) is 2. The molecule has 0 aliphatic heterocycles. The summed E-state index contributed by atoms with van der Waals surface area (Å²) in [6.45, 7) is 0. The SMILES string of the molecule is CN(C)C1CC(NC(=O)c2cccn2C)C12CCC2. The fourth-order valence-corrected chi connectivity index (χ4v) is 3.89. The van der Waals surface area contributed by atoms with Crippen LogP contribution in [0.1, 0.15) is 36.2 Å². The first-order valence-corrected chi connectivity index (χ1v) is 7.13. The number of amides is 1. The predicted octanol–water partition coefficient (Wildman–Crippen LogP) is 1.63. The van der Waals surface area contributed by atoms with Gasteiger partial charge in [-0.15, -0.1) is 0 Å². The molecule has 104 valence electrons. The maximum absolute atomic E-state index is 12.3. The van der Waals surface area contributed by atoms with Gasteiger partial charge in [-0.3, -0.25) is 4.79 Å². The van der Waals surface area contributed by atoms with Gasteiger partial charge < -0.3 is 14.8 Å². The van der Waals surface area contributed by atoms with Crippen LogP contribution >= 0.6 is 0 Å². The quantitative estimate of drug-likeness (QED) is 0.898. The van der Waals surface area contributed by atoms with Crippen molar-refractivity contribution in [2.45, 2.75) is 37.8 Å². The van der Waals surface area contributed by atoms with E-state index in [4.69, 9.17) is 0 Å². The van der Waals surface area contributed by atoms with E-state index in [-0.39, 0.29) is 5.91 Å². The maximum atomic E-state index is 12.3. The van der Waals surface area contributed by atoms with Gasteiger partial charge in [0.15, 0.2) is 0 Å². The zero-order chi connectivity index (χ0) is 13.6. The highest BCUT2D eigenvalue weighted by Gasteiger charge is 2.59. The summed E-state index contributed by atoms with van der Waals surface area (Å²) in [5.74, 6) is 0.0704. The number of hydrogen-bond donors (Lipinski definition) is 1. The molecule has 3 rings (SSSR count). The lowest BCUT2D eigenvalue weighted by atomic mass is 9.49. The van der Waals surface area contributed by atoms with Gasteiger partial charge in [0, 0.05) is 30.7 Å². The van der Waals surface area contributed by atoms with Crippen molar-refractivity contribution in [2.75, 3.05) is 14.1 Å². The molecule has 4 nitrogen and oxygen atoms in total. The van der Waals surface area contributed by atoms with Crippen LogP contribution in [0.5, 0.6) is 0 Å². The van der Waals surface area contributed by atoms with Gasteiger partial charge in [0.2, 0.25) is 0 Å². The average Bonchev–Trinajstić information content (AvgIpc) is 2.67.